The lowest BCUT2D eigenvalue weighted by Gasteiger charge is -2.02. The highest BCUT2D eigenvalue weighted by atomic mass is 32.1. The van der Waals surface area contributed by atoms with Gasteiger partial charge in [0.1, 0.15) is 5.69 Å². The first kappa shape index (κ1) is 9.66. The third kappa shape index (κ3) is 1.96. The fourth-order valence-corrected chi connectivity index (χ4v) is 1.68. The molecule has 2 aromatic rings. The van der Waals surface area contributed by atoms with Crippen molar-refractivity contribution < 1.29 is 0 Å². The molecule has 15 heavy (non-hydrogen) atoms. The molecule has 0 unspecified atom stereocenters. The van der Waals surface area contributed by atoms with E-state index in [0.29, 0.717) is 6.54 Å². The number of nitrogen functional groups attached to an aromatic ring is 1. The van der Waals surface area contributed by atoms with Crippen LogP contribution in [0.3, 0.4) is 0 Å². The topological polar surface area (TPSA) is 93.8 Å². The molecule has 0 aliphatic carbocycles. The summed E-state index contributed by atoms with van der Waals surface area (Å²) >= 11 is 1.44. The van der Waals surface area contributed by atoms with E-state index in [0.717, 1.165) is 5.69 Å². The number of thiazole rings is 1. The Kier molecular flexibility index (Phi) is 2.38. The standard InChI is InChI=1S/C8H8N4O2S/c9-6-2-12(8(14)11-7(6)13)1-5-3-15-4-10-5/h2-4H,1,9H2,(H,11,13,14). The fraction of sp³-hybridized carbons (Fsp3) is 0.125. The number of hydrogen-bond donors (Lipinski definition) is 2. The highest BCUT2D eigenvalue weighted by molar-refractivity contribution is 7.07. The maximum absolute atomic E-state index is 11.3. The lowest BCUT2D eigenvalue weighted by Crippen LogP contribution is -2.31. The second-order valence-corrected chi connectivity index (χ2v) is 3.67. The number of hydrogen-bond acceptors (Lipinski definition) is 5. The SMILES string of the molecule is Nc1cn(Cc2cscn2)c(=O)[nH]c1=O. The van der Waals surface area contributed by atoms with Crippen LogP contribution < -0.4 is 17.0 Å². The van der Waals surface area contributed by atoms with Gasteiger partial charge in [-0.15, -0.1) is 11.3 Å². The van der Waals surface area contributed by atoms with Crippen LogP contribution in [0.2, 0.25) is 0 Å². The molecular weight excluding hydrogens is 216 g/mol. The largest absolute Gasteiger partial charge is 0.393 e. The Hall–Kier alpha value is -1.89. The Labute approximate surface area is 88.0 Å². The summed E-state index contributed by atoms with van der Waals surface area (Å²) < 4.78 is 1.31. The lowest BCUT2D eigenvalue weighted by atomic mass is 10.4. The summed E-state index contributed by atoms with van der Waals surface area (Å²) in [4.78, 5) is 28.5. The van der Waals surface area contributed by atoms with Crippen LogP contribution >= 0.6 is 11.3 Å². The molecule has 2 aromatic heterocycles. The predicted octanol–water partition coefficient (Wildman–Crippen LogP) is -0.376. The minimum atomic E-state index is -0.561. The van der Waals surface area contributed by atoms with Crippen LogP contribution in [-0.2, 0) is 6.54 Å². The van der Waals surface area contributed by atoms with E-state index in [1.54, 1.807) is 5.51 Å². The molecule has 0 aliphatic rings. The number of nitrogens with one attached hydrogen (secondary N) is 1. The Morgan fingerprint density at radius 3 is 3.00 bits per heavy atom. The Morgan fingerprint density at radius 1 is 1.53 bits per heavy atom. The zero-order valence-corrected chi connectivity index (χ0v) is 8.45. The van der Waals surface area contributed by atoms with Crippen molar-refractivity contribution in [2.24, 2.45) is 0 Å². The molecule has 0 radical (unpaired) electrons. The number of nitrogens with zero attached hydrogens (tertiary/aromatic N) is 2. The molecule has 2 rings (SSSR count). The van der Waals surface area contributed by atoms with E-state index in [2.05, 4.69) is 9.97 Å². The highest BCUT2D eigenvalue weighted by Crippen LogP contribution is 2.02. The van der Waals surface area contributed by atoms with Gasteiger partial charge in [0, 0.05) is 11.6 Å². The van der Waals surface area contributed by atoms with E-state index in [4.69, 9.17) is 5.73 Å². The van der Waals surface area contributed by atoms with Crippen LogP contribution in [0, 0.1) is 0 Å². The van der Waals surface area contributed by atoms with Crippen LogP contribution in [0.1, 0.15) is 5.69 Å². The third-order valence-corrected chi connectivity index (χ3v) is 2.49. The van der Waals surface area contributed by atoms with Gasteiger partial charge >= 0.3 is 5.69 Å². The van der Waals surface area contributed by atoms with Gasteiger partial charge in [0.15, 0.2) is 0 Å². The Morgan fingerprint density at radius 2 is 2.33 bits per heavy atom. The van der Waals surface area contributed by atoms with E-state index >= 15 is 0 Å². The van der Waals surface area contributed by atoms with Crippen LogP contribution in [0.4, 0.5) is 5.69 Å². The summed E-state index contributed by atoms with van der Waals surface area (Å²) in [6.07, 6.45) is 1.32. The highest BCUT2D eigenvalue weighted by Gasteiger charge is 2.02. The van der Waals surface area contributed by atoms with Crippen LogP contribution in [0.15, 0.2) is 26.7 Å². The van der Waals surface area contributed by atoms with E-state index in [-0.39, 0.29) is 5.69 Å². The van der Waals surface area contributed by atoms with Gasteiger partial charge < -0.3 is 5.73 Å². The summed E-state index contributed by atoms with van der Waals surface area (Å²) in [6.45, 7) is 0.309. The van der Waals surface area contributed by atoms with Crippen molar-refractivity contribution in [3.05, 3.63) is 43.6 Å². The number of nitrogens with two attached hydrogens (primary N) is 1. The average Bonchev–Trinajstić information content (AvgIpc) is 2.67. The molecule has 7 heteroatoms. The first-order valence-electron chi connectivity index (χ1n) is 4.13. The minimum absolute atomic E-state index is 0.0184. The molecule has 0 atom stereocenters. The van der Waals surface area contributed by atoms with Gasteiger partial charge in [-0.2, -0.15) is 0 Å². The molecule has 0 saturated carbocycles. The molecule has 0 amide bonds. The molecule has 0 aromatic carbocycles. The molecule has 0 saturated heterocycles. The van der Waals surface area contributed by atoms with Crippen LogP contribution in [0.25, 0.3) is 0 Å². The molecule has 6 nitrogen and oxygen atoms in total. The molecular formula is C8H8N4O2S. The third-order valence-electron chi connectivity index (χ3n) is 1.85. The molecule has 3 N–H and O–H groups in total. The average molecular weight is 224 g/mol. The smallest absolute Gasteiger partial charge is 0.328 e. The summed E-state index contributed by atoms with van der Waals surface area (Å²) in [5.41, 5.74) is 6.80. The van der Waals surface area contributed by atoms with E-state index < -0.39 is 11.2 Å². The lowest BCUT2D eigenvalue weighted by molar-refractivity contribution is 0.711. The summed E-state index contributed by atoms with van der Waals surface area (Å²) in [7, 11) is 0. The Balaban J connectivity index is 2.42. The van der Waals surface area contributed by atoms with Crippen molar-refractivity contribution in [1.82, 2.24) is 14.5 Å². The van der Waals surface area contributed by atoms with E-state index in [1.165, 1.54) is 22.1 Å². The molecule has 0 fully saturated rings. The van der Waals surface area contributed by atoms with Gasteiger partial charge in [-0.05, 0) is 0 Å². The molecule has 0 spiro atoms. The maximum atomic E-state index is 11.3. The van der Waals surface area contributed by atoms with Crippen molar-refractivity contribution in [3.63, 3.8) is 0 Å². The van der Waals surface area contributed by atoms with Crippen molar-refractivity contribution in [2.45, 2.75) is 6.54 Å². The van der Waals surface area contributed by atoms with Crippen molar-refractivity contribution in [1.29, 1.82) is 0 Å². The van der Waals surface area contributed by atoms with Crippen LogP contribution in [0.5, 0.6) is 0 Å². The van der Waals surface area contributed by atoms with Crippen molar-refractivity contribution in [3.8, 4) is 0 Å². The van der Waals surface area contributed by atoms with Gasteiger partial charge in [-0.25, -0.2) is 9.78 Å². The number of aromatic amines is 1. The summed E-state index contributed by atoms with van der Waals surface area (Å²) in [5.74, 6) is 0. The monoisotopic (exact) mass is 224 g/mol. The van der Waals surface area contributed by atoms with Gasteiger partial charge in [0.2, 0.25) is 0 Å². The zero-order chi connectivity index (χ0) is 10.8. The molecule has 2 heterocycles. The molecule has 78 valence electrons. The van der Waals surface area contributed by atoms with E-state index in [1.807, 2.05) is 5.38 Å². The fourth-order valence-electron chi connectivity index (χ4n) is 1.13. The minimum Gasteiger partial charge on any atom is -0.393 e. The molecule has 0 bridgehead atoms. The van der Waals surface area contributed by atoms with Crippen LogP contribution in [-0.4, -0.2) is 14.5 Å². The number of anilines is 1. The number of rotatable bonds is 2. The second kappa shape index (κ2) is 3.70. The van der Waals surface area contributed by atoms with Gasteiger partial charge in [0.05, 0.1) is 17.7 Å². The van der Waals surface area contributed by atoms with Gasteiger partial charge in [0.25, 0.3) is 5.56 Å². The maximum Gasteiger partial charge on any atom is 0.328 e. The second-order valence-electron chi connectivity index (χ2n) is 2.95. The quantitative estimate of drug-likeness (QED) is 0.727. The molecule has 0 aliphatic heterocycles. The number of aromatic nitrogens is 3. The normalized spacial score (nSPS) is 10.4. The van der Waals surface area contributed by atoms with Gasteiger partial charge in [-0.1, -0.05) is 0 Å². The van der Waals surface area contributed by atoms with Crippen molar-refractivity contribution >= 4 is 17.0 Å². The summed E-state index contributed by atoms with van der Waals surface area (Å²) in [6, 6.07) is 0. The summed E-state index contributed by atoms with van der Waals surface area (Å²) in [5, 5.41) is 1.83. The number of H-pyrrole nitrogens is 1. The van der Waals surface area contributed by atoms with Gasteiger partial charge in [-0.3, -0.25) is 14.3 Å². The first-order chi connectivity index (χ1) is 7.16. The van der Waals surface area contributed by atoms with E-state index in [9.17, 15) is 9.59 Å². The predicted molar refractivity (Wildman–Crippen MR) is 57.0 cm³/mol. The Bertz CT molecular complexity index is 569. The zero-order valence-electron chi connectivity index (χ0n) is 7.64. The van der Waals surface area contributed by atoms with Crippen molar-refractivity contribution in [2.75, 3.05) is 5.73 Å². The first-order valence-corrected chi connectivity index (χ1v) is 5.07.